The third-order valence-corrected chi connectivity index (χ3v) is 2.78. The molecule has 0 aliphatic rings. The smallest absolute Gasteiger partial charge is 0.108 e. The molecule has 1 rings (SSSR count). The molecule has 0 aliphatic carbocycles. The molecule has 3 nitrogen and oxygen atoms in total. The summed E-state index contributed by atoms with van der Waals surface area (Å²) in [5.41, 5.74) is 0.283. The lowest BCUT2D eigenvalue weighted by molar-refractivity contribution is 0.0171. The highest BCUT2D eigenvalue weighted by atomic mass is 35.5. The lowest BCUT2D eigenvalue weighted by Crippen LogP contribution is -2.19. The van der Waals surface area contributed by atoms with Crippen LogP contribution in [0.4, 0.5) is 0 Å². The molecular formula is C9H10Cl3NO2. The number of alkyl halides is 1. The largest absolute Gasteiger partial charge is 0.390 e. The third kappa shape index (κ3) is 3.20. The second-order valence-electron chi connectivity index (χ2n) is 3.01. The minimum absolute atomic E-state index is 0.226. The molecule has 0 spiro atoms. The quantitative estimate of drug-likeness (QED) is 0.826. The lowest BCUT2D eigenvalue weighted by atomic mass is 10.0. The van der Waals surface area contributed by atoms with Crippen molar-refractivity contribution in [3.05, 3.63) is 28.0 Å². The van der Waals surface area contributed by atoms with Gasteiger partial charge in [-0.2, -0.15) is 0 Å². The highest BCUT2D eigenvalue weighted by Crippen LogP contribution is 2.31. The summed E-state index contributed by atoms with van der Waals surface area (Å²) in [5, 5.41) is 19.8. The SMILES string of the molecule is OC(CCCl)C(O)c1c(Cl)cncc1Cl. The predicted octanol–water partition coefficient (Wildman–Crippen LogP) is 2.41. The first kappa shape index (κ1) is 13.0. The lowest BCUT2D eigenvalue weighted by Gasteiger charge is -2.19. The number of aliphatic hydroxyl groups is 2. The van der Waals surface area contributed by atoms with E-state index in [2.05, 4.69) is 4.98 Å². The fourth-order valence-corrected chi connectivity index (χ4v) is 1.98. The fraction of sp³-hybridized carbons (Fsp3) is 0.444. The Balaban J connectivity index is 2.94. The number of hydrogen-bond donors (Lipinski definition) is 2. The second-order valence-corrected chi connectivity index (χ2v) is 4.20. The van der Waals surface area contributed by atoms with Gasteiger partial charge in [-0.1, -0.05) is 23.2 Å². The number of halogens is 3. The Morgan fingerprint density at radius 2 is 1.73 bits per heavy atom. The van der Waals surface area contributed by atoms with Crippen molar-refractivity contribution in [2.45, 2.75) is 18.6 Å². The normalized spacial score (nSPS) is 15.0. The first-order valence-corrected chi connectivity index (χ1v) is 5.58. The molecular weight excluding hydrogens is 260 g/mol. The van der Waals surface area contributed by atoms with E-state index in [1.165, 1.54) is 12.4 Å². The average Bonchev–Trinajstić information content (AvgIpc) is 2.17. The van der Waals surface area contributed by atoms with Crippen LogP contribution >= 0.6 is 34.8 Å². The van der Waals surface area contributed by atoms with Gasteiger partial charge in [0.25, 0.3) is 0 Å². The van der Waals surface area contributed by atoms with E-state index in [0.29, 0.717) is 0 Å². The fourth-order valence-electron chi connectivity index (χ4n) is 1.17. The zero-order valence-corrected chi connectivity index (χ0v) is 9.97. The van der Waals surface area contributed by atoms with Gasteiger partial charge >= 0.3 is 0 Å². The van der Waals surface area contributed by atoms with Gasteiger partial charge in [0, 0.05) is 23.8 Å². The van der Waals surface area contributed by atoms with Crippen LogP contribution in [0.1, 0.15) is 18.1 Å². The topological polar surface area (TPSA) is 53.4 Å². The number of aromatic nitrogens is 1. The van der Waals surface area contributed by atoms with Gasteiger partial charge in [0.1, 0.15) is 6.10 Å². The highest BCUT2D eigenvalue weighted by Gasteiger charge is 2.22. The maximum Gasteiger partial charge on any atom is 0.108 e. The van der Waals surface area contributed by atoms with E-state index >= 15 is 0 Å². The summed E-state index contributed by atoms with van der Waals surface area (Å²) in [6.45, 7) is 0. The van der Waals surface area contributed by atoms with Gasteiger partial charge < -0.3 is 10.2 Å². The Bertz CT molecular complexity index is 315. The van der Waals surface area contributed by atoms with E-state index in [9.17, 15) is 10.2 Å². The van der Waals surface area contributed by atoms with E-state index in [0.717, 1.165) is 0 Å². The Morgan fingerprint density at radius 1 is 1.20 bits per heavy atom. The van der Waals surface area contributed by atoms with Crippen molar-refractivity contribution in [1.29, 1.82) is 0 Å². The van der Waals surface area contributed by atoms with Gasteiger partial charge in [-0.15, -0.1) is 11.6 Å². The van der Waals surface area contributed by atoms with E-state index < -0.39 is 12.2 Å². The first-order chi connectivity index (χ1) is 7.07. The van der Waals surface area contributed by atoms with Crippen LogP contribution in [0, 0.1) is 0 Å². The zero-order valence-electron chi connectivity index (χ0n) is 7.70. The van der Waals surface area contributed by atoms with Gasteiger partial charge in [0.05, 0.1) is 16.1 Å². The molecule has 0 saturated carbocycles. The summed E-state index contributed by atoms with van der Waals surface area (Å²) in [6.07, 6.45) is 0.850. The van der Waals surface area contributed by atoms with Crippen LogP contribution < -0.4 is 0 Å². The Labute approximate surface area is 103 Å². The number of hydrogen-bond acceptors (Lipinski definition) is 3. The van der Waals surface area contributed by atoms with Crippen LogP contribution in [0.3, 0.4) is 0 Å². The van der Waals surface area contributed by atoms with Gasteiger partial charge in [-0.3, -0.25) is 4.98 Å². The zero-order chi connectivity index (χ0) is 11.4. The van der Waals surface area contributed by atoms with Crippen LogP contribution in [0.5, 0.6) is 0 Å². The summed E-state index contributed by atoms with van der Waals surface area (Å²) in [4.78, 5) is 3.75. The molecule has 2 unspecified atom stereocenters. The molecule has 84 valence electrons. The highest BCUT2D eigenvalue weighted by molar-refractivity contribution is 6.35. The van der Waals surface area contributed by atoms with Crippen LogP contribution in [-0.4, -0.2) is 27.2 Å². The molecule has 0 aliphatic heterocycles. The Morgan fingerprint density at radius 3 is 2.20 bits per heavy atom. The second kappa shape index (κ2) is 5.87. The number of nitrogens with zero attached hydrogens (tertiary/aromatic N) is 1. The number of rotatable bonds is 4. The van der Waals surface area contributed by atoms with Crippen LogP contribution in [0.25, 0.3) is 0 Å². The van der Waals surface area contributed by atoms with Crippen molar-refractivity contribution < 1.29 is 10.2 Å². The summed E-state index contributed by atoms with van der Waals surface area (Å²) in [5.74, 6) is 0.249. The third-order valence-electron chi connectivity index (χ3n) is 1.96. The van der Waals surface area contributed by atoms with Crippen LogP contribution in [0.15, 0.2) is 12.4 Å². The summed E-state index contributed by atoms with van der Waals surface area (Å²) < 4.78 is 0. The molecule has 6 heteroatoms. The van der Waals surface area contributed by atoms with E-state index in [-0.39, 0.29) is 27.9 Å². The summed E-state index contributed by atoms with van der Waals surface area (Å²) >= 11 is 17.1. The van der Waals surface area contributed by atoms with Gasteiger partial charge in [0.15, 0.2) is 0 Å². The van der Waals surface area contributed by atoms with Gasteiger partial charge in [-0.25, -0.2) is 0 Å². The van der Waals surface area contributed by atoms with E-state index in [1.54, 1.807) is 0 Å². The van der Waals surface area contributed by atoms with Gasteiger partial charge in [0.2, 0.25) is 0 Å². The van der Waals surface area contributed by atoms with Crippen molar-refractivity contribution in [2.75, 3.05) is 5.88 Å². The minimum Gasteiger partial charge on any atom is -0.390 e. The van der Waals surface area contributed by atoms with E-state index in [4.69, 9.17) is 34.8 Å². The number of pyridine rings is 1. The Kier molecular flexibility index (Phi) is 5.09. The number of aliphatic hydroxyl groups excluding tert-OH is 2. The van der Waals surface area contributed by atoms with Crippen molar-refractivity contribution in [3.63, 3.8) is 0 Å². The first-order valence-electron chi connectivity index (χ1n) is 4.29. The standard InChI is InChI=1S/C9H10Cl3NO2/c10-2-1-7(14)9(15)8-5(11)3-13-4-6(8)12/h3-4,7,9,14-15H,1-2H2. The molecule has 0 saturated heterocycles. The maximum absolute atomic E-state index is 9.78. The van der Waals surface area contributed by atoms with Crippen molar-refractivity contribution in [3.8, 4) is 0 Å². The van der Waals surface area contributed by atoms with Crippen molar-refractivity contribution in [2.24, 2.45) is 0 Å². The molecule has 15 heavy (non-hydrogen) atoms. The van der Waals surface area contributed by atoms with Crippen molar-refractivity contribution >= 4 is 34.8 Å². The molecule has 0 fully saturated rings. The molecule has 0 aromatic carbocycles. The molecule has 2 N–H and O–H groups in total. The van der Waals surface area contributed by atoms with Crippen LogP contribution in [0.2, 0.25) is 10.0 Å². The molecule has 0 radical (unpaired) electrons. The average molecular weight is 271 g/mol. The molecule has 0 bridgehead atoms. The molecule has 1 aromatic heterocycles. The monoisotopic (exact) mass is 269 g/mol. The predicted molar refractivity (Wildman–Crippen MR) is 60.6 cm³/mol. The molecule has 0 amide bonds. The molecule has 2 atom stereocenters. The summed E-state index contributed by atoms with van der Waals surface area (Å²) in [7, 11) is 0. The van der Waals surface area contributed by atoms with E-state index in [1.807, 2.05) is 0 Å². The van der Waals surface area contributed by atoms with Crippen LogP contribution in [-0.2, 0) is 0 Å². The Hall–Kier alpha value is -0.0600. The maximum atomic E-state index is 9.78. The van der Waals surface area contributed by atoms with Gasteiger partial charge in [-0.05, 0) is 6.42 Å². The summed E-state index contributed by atoms with van der Waals surface area (Å²) in [6, 6.07) is 0. The molecule has 1 aromatic rings. The molecule has 1 heterocycles. The minimum atomic E-state index is -1.15. The van der Waals surface area contributed by atoms with Crippen molar-refractivity contribution in [1.82, 2.24) is 4.98 Å².